The molecule has 0 fully saturated rings. The van der Waals surface area contributed by atoms with Gasteiger partial charge in [0.05, 0.1) is 23.8 Å². The van der Waals surface area contributed by atoms with Crippen molar-refractivity contribution < 1.29 is 0 Å². The molecule has 0 aliphatic carbocycles. The van der Waals surface area contributed by atoms with Crippen LogP contribution in [0.15, 0.2) is 85.1 Å². The van der Waals surface area contributed by atoms with Crippen LogP contribution in [0.3, 0.4) is 0 Å². The van der Waals surface area contributed by atoms with E-state index in [2.05, 4.69) is 28.2 Å². The van der Waals surface area contributed by atoms with Gasteiger partial charge >= 0.3 is 0 Å². The summed E-state index contributed by atoms with van der Waals surface area (Å²) < 4.78 is 1.46. The number of rotatable bonds is 6. The summed E-state index contributed by atoms with van der Waals surface area (Å²) in [5.74, 6) is 0. The van der Waals surface area contributed by atoms with Crippen LogP contribution in [0.25, 0.3) is 22.6 Å². The molecule has 0 bridgehead atoms. The highest BCUT2D eigenvalue weighted by molar-refractivity contribution is 5.82. The first-order chi connectivity index (χ1) is 14.2. The molecule has 0 radical (unpaired) electrons. The van der Waals surface area contributed by atoms with Crippen molar-refractivity contribution in [2.45, 2.75) is 13.0 Å². The summed E-state index contributed by atoms with van der Waals surface area (Å²) in [6, 6.07) is 15.7. The minimum atomic E-state index is -0.187. The van der Waals surface area contributed by atoms with Crippen molar-refractivity contribution in [3.05, 3.63) is 113 Å². The van der Waals surface area contributed by atoms with Crippen molar-refractivity contribution in [3.63, 3.8) is 0 Å². The topological polar surface area (TPSA) is 60.7 Å². The summed E-state index contributed by atoms with van der Waals surface area (Å²) in [4.78, 5) is 21.6. The number of benzene rings is 1. The molecule has 3 heterocycles. The third-order valence-corrected chi connectivity index (χ3v) is 4.88. The predicted octanol–water partition coefficient (Wildman–Crippen LogP) is 4.13. The third-order valence-electron chi connectivity index (χ3n) is 4.88. The number of hydrogen-bond donors (Lipinski definition) is 0. The van der Waals surface area contributed by atoms with Crippen LogP contribution in [0, 0.1) is 0 Å². The Kier molecular flexibility index (Phi) is 5.12. The van der Waals surface area contributed by atoms with Crippen LogP contribution in [0.5, 0.6) is 0 Å². The fraction of sp³-hybridized carbons (Fsp3) is 0.0833. The first-order valence-electron chi connectivity index (χ1n) is 9.34. The maximum atomic E-state index is 12.9. The second-order valence-corrected chi connectivity index (χ2v) is 6.66. The van der Waals surface area contributed by atoms with Crippen LogP contribution in [-0.4, -0.2) is 19.7 Å². The lowest BCUT2D eigenvalue weighted by molar-refractivity contribution is 0.572. The van der Waals surface area contributed by atoms with Gasteiger partial charge in [0, 0.05) is 35.5 Å². The van der Waals surface area contributed by atoms with Gasteiger partial charge in [-0.2, -0.15) is 5.10 Å². The monoisotopic (exact) mass is 380 g/mol. The second kappa shape index (κ2) is 8.02. The molecule has 0 aliphatic rings. The van der Waals surface area contributed by atoms with E-state index in [1.807, 2.05) is 48.5 Å². The first kappa shape index (κ1) is 18.5. The van der Waals surface area contributed by atoms with Crippen LogP contribution in [0.4, 0.5) is 0 Å². The molecule has 29 heavy (non-hydrogen) atoms. The van der Waals surface area contributed by atoms with Gasteiger partial charge in [-0.3, -0.25) is 14.8 Å². The van der Waals surface area contributed by atoms with E-state index in [9.17, 15) is 4.79 Å². The van der Waals surface area contributed by atoms with Crippen LogP contribution in [-0.2, 0) is 13.0 Å². The Hall–Kier alpha value is -3.86. The molecule has 0 amide bonds. The summed E-state index contributed by atoms with van der Waals surface area (Å²) in [5, 5.41) is 5.46. The van der Waals surface area contributed by atoms with E-state index in [1.165, 1.54) is 4.68 Å². The highest BCUT2D eigenvalue weighted by atomic mass is 16.1. The number of aryl methyl sites for hydroxylation is 2. The Morgan fingerprint density at radius 1 is 1.07 bits per heavy atom. The zero-order chi connectivity index (χ0) is 20.2. The Morgan fingerprint density at radius 3 is 2.66 bits per heavy atom. The summed E-state index contributed by atoms with van der Waals surface area (Å²) in [6.07, 6.45) is 7.24. The van der Waals surface area contributed by atoms with Gasteiger partial charge in [-0.05, 0) is 35.4 Å². The molecular formula is C24H20N4O. The molecule has 0 atom stereocenters. The first-order valence-corrected chi connectivity index (χ1v) is 9.34. The van der Waals surface area contributed by atoms with Gasteiger partial charge in [0.1, 0.15) is 0 Å². The molecule has 3 aromatic heterocycles. The van der Waals surface area contributed by atoms with Gasteiger partial charge in [0.15, 0.2) is 0 Å². The van der Waals surface area contributed by atoms with E-state index in [1.54, 1.807) is 24.7 Å². The van der Waals surface area contributed by atoms with Crippen molar-refractivity contribution in [1.29, 1.82) is 0 Å². The largest absolute Gasteiger partial charge is 0.274 e. The van der Waals surface area contributed by atoms with Crippen LogP contribution in [0.1, 0.15) is 22.4 Å². The Labute approximate surface area is 168 Å². The second-order valence-electron chi connectivity index (χ2n) is 6.66. The molecule has 142 valence electrons. The molecule has 0 saturated carbocycles. The van der Waals surface area contributed by atoms with E-state index < -0.39 is 0 Å². The van der Waals surface area contributed by atoms with E-state index in [0.29, 0.717) is 24.1 Å². The summed E-state index contributed by atoms with van der Waals surface area (Å²) in [7, 11) is 0. The Morgan fingerprint density at radius 2 is 1.86 bits per heavy atom. The quantitative estimate of drug-likeness (QED) is 0.505. The van der Waals surface area contributed by atoms with Crippen molar-refractivity contribution in [2.24, 2.45) is 0 Å². The molecule has 0 aliphatic heterocycles. The molecule has 4 rings (SSSR count). The highest BCUT2D eigenvalue weighted by Gasteiger charge is 2.13. The van der Waals surface area contributed by atoms with Crippen LogP contribution in [0.2, 0.25) is 0 Å². The normalized spacial score (nSPS) is 10.8. The predicted molar refractivity (Wildman–Crippen MR) is 116 cm³/mol. The molecule has 0 spiro atoms. The summed E-state index contributed by atoms with van der Waals surface area (Å²) in [6.45, 7) is 8.38. The number of fused-ring (bicyclic) bond motifs is 1. The van der Waals surface area contributed by atoms with Crippen molar-refractivity contribution in [1.82, 2.24) is 19.7 Å². The zero-order valence-electron chi connectivity index (χ0n) is 16.0. The fourth-order valence-electron chi connectivity index (χ4n) is 3.28. The molecular weight excluding hydrogens is 360 g/mol. The van der Waals surface area contributed by atoms with E-state index in [0.717, 1.165) is 27.7 Å². The Balaban J connectivity index is 1.60. The molecule has 4 aromatic rings. The lowest BCUT2D eigenvalue weighted by Crippen LogP contribution is -2.27. The van der Waals surface area contributed by atoms with Gasteiger partial charge in [0.25, 0.3) is 5.56 Å². The average Bonchev–Trinajstić information content (AvgIpc) is 2.78. The number of nitrogens with zero attached hydrogens (tertiary/aromatic N) is 4. The molecule has 0 unspecified atom stereocenters. The maximum absolute atomic E-state index is 12.9. The van der Waals surface area contributed by atoms with Gasteiger partial charge in [0.2, 0.25) is 0 Å². The minimum absolute atomic E-state index is 0.187. The molecule has 0 saturated heterocycles. The number of hydrogen-bond acceptors (Lipinski definition) is 4. The van der Waals surface area contributed by atoms with Crippen molar-refractivity contribution in [2.75, 3.05) is 0 Å². The average molecular weight is 380 g/mol. The zero-order valence-corrected chi connectivity index (χ0v) is 16.0. The van der Waals surface area contributed by atoms with Gasteiger partial charge in [-0.15, -0.1) is 0 Å². The Bertz CT molecular complexity index is 1260. The van der Waals surface area contributed by atoms with Crippen molar-refractivity contribution in [3.8, 4) is 0 Å². The van der Waals surface area contributed by atoms with E-state index in [-0.39, 0.29) is 5.56 Å². The number of pyridine rings is 2. The van der Waals surface area contributed by atoms with E-state index in [4.69, 9.17) is 0 Å². The van der Waals surface area contributed by atoms with Gasteiger partial charge in [-0.1, -0.05) is 43.5 Å². The number of aromatic nitrogens is 4. The minimum Gasteiger partial charge on any atom is -0.267 e. The molecule has 1 aromatic carbocycles. The molecule has 5 nitrogen and oxygen atoms in total. The smallest absolute Gasteiger partial charge is 0.267 e. The fourth-order valence-corrected chi connectivity index (χ4v) is 3.28. The summed E-state index contributed by atoms with van der Waals surface area (Å²) >= 11 is 0. The highest BCUT2D eigenvalue weighted by Crippen LogP contribution is 2.22. The molecule has 5 heteroatoms. The van der Waals surface area contributed by atoms with Crippen LogP contribution < -0.4 is 5.56 Å². The lowest BCUT2D eigenvalue weighted by Gasteiger charge is -2.12. The van der Waals surface area contributed by atoms with Crippen LogP contribution >= 0.6 is 0 Å². The standard InChI is InChI=1S/C24H20N4O/c1-3-21-22(17(2)18-10-13-25-14-11-18)16-26-28(24(21)29)15-12-20-9-8-19-6-4-5-7-23(19)27-20/h3-11,13-14,16H,1-2,12,15H2. The SMILES string of the molecule is C=Cc1c(C(=C)c2ccncc2)cnn(CCc2ccc3ccccc3n2)c1=O. The third kappa shape index (κ3) is 3.75. The van der Waals surface area contributed by atoms with Gasteiger partial charge < -0.3 is 0 Å². The van der Waals surface area contributed by atoms with Gasteiger partial charge in [-0.25, -0.2) is 4.68 Å². The maximum Gasteiger partial charge on any atom is 0.274 e. The lowest BCUT2D eigenvalue weighted by atomic mass is 9.98. The summed E-state index contributed by atoms with van der Waals surface area (Å²) in [5.41, 5.74) is 4.46. The van der Waals surface area contributed by atoms with Crippen molar-refractivity contribution >= 4 is 22.6 Å². The van der Waals surface area contributed by atoms with E-state index >= 15 is 0 Å². The number of para-hydroxylation sites is 1. The molecule has 0 N–H and O–H groups in total.